The van der Waals surface area contributed by atoms with Crippen molar-refractivity contribution >= 4 is 5.78 Å². The van der Waals surface area contributed by atoms with Crippen molar-refractivity contribution in [3.63, 3.8) is 0 Å². The predicted octanol–water partition coefficient (Wildman–Crippen LogP) is 2.33. The van der Waals surface area contributed by atoms with Crippen LogP contribution in [0.4, 0.5) is 0 Å². The van der Waals surface area contributed by atoms with Crippen LogP contribution in [0, 0.1) is 13.8 Å². The van der Waals surface area contributed by atoms with Gasteiger partial charge in [0.05, 0.1) is 18.2 Å². The van der Waals surface area contributed by atoms with Gasteiger partial charge in [-0.15, -0.1) is 0 Å². The quantitative estimate of drug-likeness (QED) is 0.775. The summed E-state index contributed by atoms with van der Waals surface area (Å²) in [7, 11) is 1.57. The molecule has 1 aromatic heterocycles. The highest BCUT2D eigenvalue weighted by Crippen LogP contribution is 2.27. The lowest BCUT2D eigenvalue weighted by molar-refractivity contribution is 0.103. The van der Waals surface area contributed by atoms with Gasteiger partial charge in [0, 0.05) is 12.4 Å². The molecule has 2 rings (SSSR count). The summed E-state index contributed by atoms with van der Waals surface area (Å²) < 4.78 is 5.34. The maximum Gasteiger partial charge on any atom is 0.199 e. The molecule has 0 radical (unpaired) electrons. The van der Waals surface area contributed by atoms with Crippen LogP contribution in [0.2, 0.25) is 0 Å². The number of methoxy groups -OCH3 is 1. The lowest BCUT2D eigenvalue weighted by atomic mass is 9.99. The van der Waals surface area contributed by atoms with Crippen LogP contribution < -0.4 is 4.74 Å². The smallest absolute Gasteiger partial charge is 0.199 e. The van der Waals surface area contributed by atoms with Gasteiger partial charge in [-0.25, -0.2) is 9.97 Å². The van der Waals surface area contributed by atoms with Gasteiger partial charge in [0.1, 0.15) is 12.1 Å². The van der Waals surface area contributed by atoms with Crippen molar-refractivity contribution in [2.24, 2.45) is 0 Å². The number of hydrogen-bond donors (Lipinski definition) is 0. The summed E-state index contributed by atoms with van der Waals surface area (Å²) in [6.45, 7) is 3.92. The van der Waals surface area contributed by atoms with Crippen LogP contribution in [0.25, 0.3) is 0 Å². The third kappa shape index (κ3) is 2.09. The van der Waals surface area contributed by atoms with E-state index in [2.05, 4.69) is 9.97 Å². The highest BCUT2D eigenvalue weighted by molar-refractivity contribution is 6.10. The Balaban J connectivity index is 2.52. The van der Waals surface area contributed by atoms with E-state index < -0.39 is 0 Å². The molecule has 0 aliphatic carbocycles. The van der Waals surface area contributed by atoms with Crippen LogP contribution in [0.5, 0.6) is 5.75 Å². The first kappa shape index (κ1) is 12.2. The fourth-order valence-corrected chi connectivity index (χ4v) is 1.80. The van der Waals surface area contributed by atoms with E-state index in [9.17, 15) is 4.79 Å². The van der Waals surface area contributed by atoms with Gasteiger partial charge in [0.2, 0.25) is 0 Å². The SMILES string of the molecule is COc1c(C(=O)c2cncnc2)ccc(C)c1C. The number of carbonyl (C=O) groups excluding carboxylic acids is 1. The molecular weight excluding hydrogens is 228 g/mol. The van der Waals surface area contributed by atoms with Gasteiger partial charge in [-0.2, -0.15) is 0 Å². The summed E-state index contributed by atoms with van der Waals surface area (Å²) in [4.78, 5) is 20.0. The molecule has 4 nitrogen and oxygen atoms in total. The van der Waals surface area contributed by atoms with Crippen molar-refractivity contribution < 1.29 is 9.53 Å². The molecule has 0 fully saturated rings. The molecule has 1 heterocycles. The molecular formula is C14H14N2O2. The molecule has 18 heavy (non-hydrogen) atoms. The molecule has 0 atom stereocenters. The first-order valence-corrected chi connectivity index (χ1v) is 5.59. The monoisotopic (exact) mass is 242 g/mol. The van der Waals surface area contributed by atoms with Crippen molar-refractivity contribution in [1.82, 2.24) is 9.97 Å². The van der Waals surface area contributed by atoms with Crippen molar-refractivity contribution in [3.05, 3.63) is 53.1 Å². The van der Waals surface area contributed by atoms with Crippen LogP contribution in [0.3, 0.4) is 0 Å². The Hall–Kier alpha value is -2.23. The van der Waals surface area contributed by atoms with E-state index in [4.69, 9.17) is 4.74 Å². The van der Waals surface area contributed by atoms with Gasteiger partial charge in [-0.3, -0.25) is 4.79 Å². The predicted molar refractivity (Wildman–Crippen MR) is 67.9 cm³/mol. The number of ketones is 1. The van der Waals surface area contributed by atoms with Crippen molar-refractivity contribution in [3.8, 4) is 5.75 Å². The molecule has 0 saturated carbocycles. The van der Waals surface area contributed by atoms with Gasteiger partial charge in [0.15, 0.2) is 5.78 Å². The minimum atomic E-state index is -0.129. The van der Waals surface area contributed by atoms with E-state index in [-0.39, 0.29) is 5.78 Å². The molecule has 0 N–H and O–H groups in total. The first-order valence-electron chi connectivity index (χ1n) is 5.59. The van der Waals surface area contributed by atoms with Gasteiger partial charge in [-0.1, -0.05) is 6.07 Å². The number of nitrogens with zero attached hydrogens (tertiary/aromatic N) is 2. The van der Waals surface area contributed by atoms with Gasteiger partial charge in [-0.05, 0) is 31.0 Å². The fraction of sp³-hybridized carbons (Fsp3) is 0.214. The van der Waals surface area contributed by atoms with Crippen molar-refractivity contribution in [2.75, 3.05) is 7.11 Å². The minimum absolute atomic E-state index is 0.129. The second-order valence-electron chi connectivity index (χ2n) is 4.04. The molecule has 0 unspecified atom stereocenters. The van der Waals surface area contributed by atoms with Crippen LogP contribution >= 0.6 is 0 Å². The van der Waals surface area contributed by atoms with Gasteiger partial charge >= 0.3 is 0 Å². The Morgan fingerprint density at radius 3 is 2.44 bits per heavy atom. The van der Waals surface area contributed by atoms with E-state index in [0.29, 0.717) is 16.9 Å². The standard InChI is InChI=1S/C14H14N2O2/c1-9-4-5-12(14(18-3)10(9)2)13(17)11-6-15-8-16-7-11/h4-8H,1-3H3. The van der Waals surface area contributed by atoms with Crippen LogP contribution in [-0.4, -0.2) is 22.9 Å². The number of carbonyl (C=O) groups is 1. The van der Waals surface area contributed by atoms with Crippen molar-refractivity contribution in [1.29, 1.82) is 0 Å². The average molecular weight is 242 g/mol. The molecule has 1 aromatic carbocycles. The number of benzene rings is 1. The summed E-state index contributed by atoms with van der Waals surface area (Å²) in [6, 6.07) is 3.69. The molecule has 0 bridgehead atoms. The largest absolute Gasteiger partial charge is 0.496 e. The molecule has 0 amide bonds. The number of aryl methyl sites for hydroxylation is 1. The van der Waals surface area contributed by atoms with E-state index in [1.807, 2.05) is 19.9 Å². The zero-order valence-corrected chi connectivity index (χ0v) is 10.6. The summed E-state index contributed by atoms with van der Waals surface area (Å²) in [5.74, 6) is 0.486. The zero-order valence-electron chi connectivity index (χ0n) is 10.6. The highest BCUT2D eigenvalue weighted by Gasteiger charge is 2.17. The van der Waals surface area contributed by atoms with Crippen LogP contribution in [0.1, 0.15) is 27.0 Å². The van der Waals surface area contributed by atoms with Crippen LogP contribution in [0.15, 0.2) is 30.9 Å². The van der Waals surface area contributed by atoms with Crippen LogP contribution in [-0.2, 0) is 0 Å². The lowest BCUT2D eigenvalue weighted by Gasteiger charge is -2.12. The molecule has 4 heteroatoms. The molecule has 92 valence electrons. The van der Waals surface area contributed by atoms with E-state index >= 15 is 0 Å². The molecule has 0 saturated heterocycles. The highest BCUT2D eigenvalue weighted by atomic mass is 16.5. The maximum absolute atomic E-state index is 12.3. The van der Waals surface area contributed by atoms with E-state index in [0.717, 1.165) is 11.1 Å². The minimum Gasteiger partial charge on any atom is -0.496 e. The van der Waals surface area contributed by atoms with Gasteiger partial charge in [0.25, 0.3) is 0 Å². The molecule has 0 aliphatic rings. The third-order valence-electron chi connectivity index (χ3n) is 2.95. The summed E-state index contributed by atoms with van der Waals surface area (Å²) in [6.07, 6.45) is 4.41. The second-order valence-corrected chi connectivity index (χ2v) is 4.04. The molecule has 2 aromatic rings. The number of aromatic nitrogens is 2. The third-order valence-corrected chi connectivity index (χ3v) is 2.95. The zero-order chi connectivity index (χ0) is 13.1. The topological polar surface area (TPSA) is 52.1 Å². The van der Waals surface area contributed by atoms with Gasteiger partial charge < -0.3 is 4.74 Å². The second kappa shape index (κ2) is 4.96. The fourth-order valence-electron chi connectivity index (χ4n) is 1.80. The normalized spacial score (nSPS) is 10.2. The average Bonchev–Trinajstić information content (AvgIpc) is 2.42. The summed E-state index contributed by atoms with van der Waals surface area (Å²) in [5, 5.41) is 0. The molecule has 0 spiro atoms. The Kier molecular flexibility index (Phi) is 3.37. The summed E-state index contributed by atoms with van der Waals surface area (Å²) >= 11 is 0. The Morgan fingerprint density at radius 2 is 1.83 bits per heavy atom. The van der Waals surface area contributed by atoms with E-state index in [1.165, 1.54) is 18.7 Å². The number of rotatable bonds is 3. The first-order chi connectivity index (χ1) is 8.65. The Morgan fingerprint density at radius 1 is 1.17 bits per heavy atom. The van der Waals surface area contributed by atoms with Crippen molar-refractivity contribution in [2.45, 2.75) is 13.8 Å². The number of hydrogen-bond acceptors (Lipinski definition) is 4. The Labute approximate surface area is 106 Å². The lowest BCUT2D eigenvalue weighted by Crippen LogP contribution is -2.06. The summed E-state index contributed by atoms with van der Waals surface area (Å²) in [5.41, 5.74) is 3.06. The number of ether oxygens (including phenoxy) is 1. The maximum atomic E-state index is 12.3. The Bertz CT molecular complexity index is 580. The molecule has 0 aliphatic heterocycles. The van der Waals surface area contributed by atoms with E-state index in [1.54, 1.807) is 13.2 Å².